The van der Waals surface area contributed by atoms with Gasteiger partial charge in [-0.15, -0.1) is 0 Å². The monoisotopic (exact) mass is 857 g/mol. The van der Waals surface area contributed by atoms with E-state index in [1.165, 1.54) is 54.6 Å². The van der Waals surface area contributed by atoms with Crippen LogP contribution in [0.25, 0.3) is 0 Å². The largest absolute Gasteiger partial charge is 0.460 e. The highest BCUT2D eigenvalue weighted by Gasteiger charge is 2.54. The van der Waals surface area contributed by atoms with Crippen LogP contribution in [0, 0.1) is 0 Å². The van der Waals surface area contributed by atoms with Crippen LogP contribution in [0.3, 0.4) is 0 Å². The van der Waals surface area contributed by atoms with Crippen molar-refractivity contribution in [1.82, 2.24) is 5.32 Å². The highest BCUT2D eigenvalue weighted by molar-refractivity contribution is 5.91. The maximum atomic E-state index is 13.9. The Hall–Kier alpha value is -7.62. The van der Waals surface area contributed by atoms with E-state index >= 15 is 0 Å². The zero-order chi connectivity index (χ0) is 44.4. The molecule has 0 aromatic heterocycles. The minimum Gasteiger partial charge on any atom is -0.460 e. The Morgan fingerprint density at radius 3 is 1.49 bits per heavy atom. The van der Waals surface area contributed by atoms with Crippen molar-refractivity contribution in [3.05, 3.63) is 192 Å². The van der Waals surface area contributed by atoms with E-state index in [0.29, 0.717) is 5.56 Å². The Balaban J connectivity index is 1.37. The highest BCUT2D eigenvalue weighted by atomic mass is 16.7. The third-order valence-electron chi connectivity index (χ3n) is 9.30. The van der Waals surface area contributed by atoms with Gasteiger partial charge in [0.1, 0.15) is 25.9 Å². The Bertz CT molecular complexity index is 2290. The molecule has 5 aromatic rings. The highest BCUT2D eigenvalue weighted by Crippen LogP contribution is 2.32. The number of ether oxygens (including phenoxy) is 8. The molecule has 0 bridgehead atoms. The van der Waals surface area contributed by atoms with Gasteiger partial charge in [-0.3, -0.25) is 0 Å². The van der Waals surface area contributed by atoms with Gasteiger partial charge in [-0.2, -0.15) is 0 Å². The van der Waals surface area contributed by atoms with Crippen molar-refractivity contribution in [3.63, 3.8) is 0 Å². The molecule has 15 nitrogen and oxygen atoms in total. The van der Waals surface area contributed by atoms with Gasteiger partial charge in [-0.25, -0.2) is 28.8 Å². The second-order valence-electron chi connectivity index (χ2n) is 13.7. The van der Waals surface area contributed by atoms with Gasteiger partial charge in [-0.1, -0.05) is 116 Å². The molecule has 6 atom stereocenters. The van der Waals surface area contributed by atoms with E-state index in [9.17, 15) is 28.8 Å². The molecule has 324 valence electrons. The van der Waals surface area contributed by atoms with E-state index in [2.05, 4.69) is 11.9 Å². The second-order valence-corrected chi connectivity index (χ2v) is 13.7. The number of carbonyl (C=O) groups is 6. The van der Waals surface area contributed by atoms with Crippen LogP contribution in [0.1, 0.15) is 47.0 Å². The Morgan fingerprint density at radius 1 is 0.556 bits per heavy atom. The minimum atomic E-state index is -1.77. The Morgan fingerprint density at radius 2 is 1.00 bits per heavy atom. The average Bonchev–Trinajstić information content (AvgIpc) is 3.33. The topological polar surface area (TPSA) is 188 Å². The molecule has 6 rings (SSSR count). The van der Waals surface area contributed by atoms with Gasteiger partial charge < -0.3 is 43.2 Å². The van der Waals surface area contributed by atoms with Crippen LogP contribution in [0.2, 0.25) is 0 Å². The van der Waals surface area contributed by atoms with E-state index in [0.717, 1.165) is 0 Å². The molecule has 0 spiro atoms. The SMILES string of the molecule is C=CCOC(=O)[C@H](CO[C@@H]1O[C@H](COC(=O)c2ccccc2)[C@H](OC(=O)c2ccccc2)[C@H](OC(=O)c2ccccc2)[C@H]1OC(=O)c1ccccc1)NC(=O)OCc1ccccc1. The number of alkyl carbamates (subject to hydrolysis) is 1. The quantitative estimate of drug-likeness (QED) is 0.0589. The van der Waals surface area contributed by atoms with Crippen molar-refractivity contribution in [2.45, 2.75) is 43.4 Å². The van der Waals surface area contributed by atoms with Gasteiger partial charge in [0.15, 0.2) is 30.6 Å². The lowest BCUT2D eigenvalue weighted by molar-refractivity contribution is -0.299. The molecule has 1 aliphatic heterocycles. The smallest absolute Gasteiger partial charge is 0.408 e. The summed E-state index contributed by atoms with van der Waals surface area (Å²) in [4.78, 5) is 81.2. The van der Waals surface area contributed by atoms with Crippen molar-refractivity contribution < 1.29 is 66.7 Å². The number of carbonyl (C=O) groups excluding carboxylic acids is 6. The van der Waals surface area contributed by atoms with Crippen LogP contribution < -0.4 is 5.32 Å². The summed E-state index contributed by atoms with van der Waals surface area (Å²) < 4.78 is 46.9. The maximum absolute atomic E-state index is 13.9. The third kappa shape index (κ3) is 12.9. The van der Waals surface area contributed by atoms with Crippen LogP contribution >= 0.6 is 0 Å². The number of amides is 1. The van der Waals surface area contributed by atoms with Crippen molar-refractivity contribution in [2.24, 2.45) is 0 Å². The molecular weight excluding hydrogens is 815 g/mol. The number of hydrogen-bond donors (Lipinski definition) is 1. The first-order chi connectivity index (χ1) is 30.7. The minimum absolute atomic E-state index is 0.0786. The fourth-order valence-electron chi connectivity index (χ4n) is 6.17. The second kappa shape index (κ2) is 22.8. The molecule has 0 saturated carbocycles. The molecule has 0 unspecified atom stereocenters. The molecular formula is C48H43NO14. The van der Waals surface area contributed by atoms with E-state index < -0.39 is 85.9 Å². The lowest BCUT2D eigenvalue weighted by Crippen LogP contribution is -2.63. The van der Waals surface area contributed by atoms with Gasteiger partial charge in [0, 0.05) is 0 Å². The molecule has 1 saturated heterocycles. The molecule has 1 amide bonds. The lowest BCUT2D eigenvalue weighted by atomic mass is 9.97. The number of nitrogens with one attached hydrogen (secondary N) is 1. The zero-order valence-electron chi connectivity index (χ0n) is 33.7. The van der Waals surface area contributed by atoms with E-state index in [1.54, 1.807) is 103 Å². The molecule has 0 radical (unpaired) electrons. The predicted molar refractivity (Wildman–Crippen MR) is 223 cm³/mol. The fraction of sp³-hybridized carbons (Fsp3) is 0.208. The molecule has 15 heteroatoms. The first kappa shape index (κ1) is 44.9. The van der Waals surface area contributed by atoms with Crippen molar-refractivity contribution >= 4 is 35.9 Å². The number of hydrogen-bond acceptors (Lipinski definition) is 14. The van der Waals surface area contributed by atoms with Crippen molar-refractivity contribution in [2.75, 3.05) is 19.8 Å². The van der Waals surface area contributed by atoms with Crippen molar-refractivity contribution in [3.8, 4) is 0 Å². The summed E-state index contributed by atoms with van der Waals surface area (Å²) in [5.74, 6) is -4.47. The number of esters is 5. The van der Waals surface area contributed by atoms with Gasteiger partial charge in [0.25, 0.3) is 0 Å². The molecule has 0 aliphatic carbocycles. The summed E-state index contributed by atoms with van der Waals surface area (Å²) in [5, 5.41) is 2.42. The first-order valence-electron chi connectivity index (χ1n) is 19.7. The van der Waals surface area contributed by atoms with E-state index in [1.807, 2.05) is 0 Å². The molecule has 1 fully saturated rings. The summed E-state index contributed by atoms with van der Waals surface area (Å²) >= 11 is 0. The van der Waals surface area contributed by atoms with E-state index in [4.69, 9.17) is 37.9 Å². The van der Waals surface area contributed by atoms with Crippen LogP contribution in [-0.2, 0) is 49.3 Å². The summed E-state index contributed by atoms with van der Waals surface area (Å²) in [7, 11) is 0. The zero-order valence-corrected chi connectivity index (χ0v) is 33.7. The lowest BCUT2D eigenvalue weighted by Gasteiger charge is -2.44. The van der Waals surface area contributed by atoms with Crippen LogP contribution in [0.15, 0.2) is 164 Å². The summed E-state index contributed by atoms with van der Waals surface area (Å²) in [5.41, 5.74) is 1.12. The number of benzene rings is 5. The van der Waals surface area contributed by atoms with Crippen LogP contribution in [-0.4, -0.2) is 92.5 Å². The number of rotatable bonds is 18. The molecule has 1 N–H and O–H groups in total. The van der Waals surface area contributed by atoms with Crippen LogP contribution in [0.5, 0.6) is 0 Å². The van der Waals surface area contributed by atoms with Gasteiger partial charge >= 0.3 is 35.9 Å². The Labute approximate surface area is 362 Å². The van der Waals surface area contributed by atoms with Gasteiger partial charge in [0.2, 0.25) is 0 Å². The van der Waals surface area contributed by atoms with Gasteiger partial charge in [0.05, 0.1) is 28.9 Å². The normalized spacial score (nSPS) is 18.3. The van der Waals surface area contributed by atoms with Crippen molar-refractivity contribution in [1.29, 1.82) is 0 Å². The van der Waals surface area contributed by atoms with Gasteiger partial charge in [-0.05, 0) is 54.1 Å². The maximum Gasteiger partial charge on any atom is 0.408 e. The molecule has 1 aliphatic rings. The standard InChI is InChI=1S/C48H43NO14/c1-2-28-56-46(54)37(49-48(55)59-29-32-18-8-3-9-19-32)30-58-47-41(63-45(53)36-26-16-7-17-27-36)40(62-44(52)35-24-14-6-15-25-35)39(61-43(51)34-22-12-5-13-23-34)38(60-47)31-57-42(50)33-20-10-4-11-21-33/h2-27,37-41,47H,1,28-31H2,(H,49,55)/t37-,38+,39-,40-,41+,47+/m0/s1. The molecule has 5 aromatic carbocycles. The van der Waals surface area contributed by atoms with E-state index in [-0.39, 0.29) is 35.5 Å². The fourth-order valence-corrected chi connectivity index (χ4v) is 6.17. The first-order valence-corrected chi connectivity index (χ1v) is 19.7. The summed E-state index contributed by atoms with van der Waals surface area (Å²) in [6.07, 6.45) is -8.06. The van der Waals surface area contributed by atoms with Crippen LogP contribution in [0.4, 0.5) is 4.79 Å². The average molecular weight is 858 g/mol. The third-order valence-corrected chi connectivity index (χ3v) is 9.30. The summed E-state index contributed by atoms with van der Waals surface area (Å²) in [6.45, 7) is 1.87. The molecule has 1 heterocycles. The summed E-state index contributed by atoms with van der Waals surface area (Å²) in [6, 6.07) is 38.8. The molecule has 63 heavy (non-hydrogen) atoms. The predicted octanol–water partition coefficient (Wildman–Crippen LogP) is 6.29. The Kier molecular flexibility index (Phi) is 16.3.